The van der Waals surface area contributed by atoms with Gasteiger partial charge in [-0.2, -0.15) is 0 Å². The number of hydrogen-bond donors (Lipinski definition) is 2. The maximum Gasteiger partial charge on any atom is 0.261 e. The molecule has 0 spiro atoms. The van der Waals surface area contributed by atoms with Gasteiger partial charge in [-0.05, 0) is 57.0 Å². The quantitative estimate of drug-likeness (QED) is 0.743. The van der Waals surface area contributed by atoms with Crippen molar-refractivity contribution in [2.75, 3.05) is 16.6 Å². The Morgan fingerprint density at radius 3 is 2.22 bits per heavy atom. The minimum Gasteiger partial charge on any atom is -0.492 e. The Hall–Kier alpha value is -2.54. The smallest absolute Gasteiger partial charge is 0.261 e. The van der Waals surface area contributed by atoms with Gasteiger partial charge in [0, 0.05) is 6.42 Å². The van der Waals surface area contributed by atoms with Gasteiger partial charge in [-0.25, -0.2) is 8.42 Å². The Balaban J connectivity index is 2.43. The molecule has 27 heavy (non-hydrogen) atoms. The highest BCUT2D eigenvalue weighted by Gasteiger charge is 2.19. The molecular formula is C20H26N2O4S. The predicted octanol–water partition coefficient (Wildman–Crippen LogP) is 4.16. The van der Waals surface area contributed by atoms with Crippen molar-refractivity contribution >= 4 is 27.3 Å². The number of sulfonamides is 1. The van der Waals surface area contributed by atoms with Gasteiger partial charge in [-0.3, -0.25) is 9.52 Å². The summed E-state index contributed by atoms with van der Waals surface area (Å²) in [5.41, 5.74) is 3.67. The fraction of sp³-hybridized carbons (Fsp3) is 0.350. The first-order chi connectivity index (χ1) is 12.7. The van der Waals surface area contributed by atoms with Crippen molar-refractivity contribution in [2.24, 2.45) is 0 Å². The van der Waals surface area contributed by atoms with E-state index >= 15 is 0 Å². The monoisotopic (exact) mass is 390 g/mol. The third-order valence-corrected chi connectivity index (χ3v) is 5.42. The van der Waals surface area contributed by atoms with Gasteiger partial charge < -0.3 is 10.1 Å². The third-order valence-electron chi connectivity index (χ3n) is 4.07. The zero-order valence-corrected chi connectivity index (χ0v) is 17.2. The van der Waals surface area contributed by atoms with Crippen LogP contribution in [0.25, 0.3) is 0 Å². The van der Waals surface area contributed by atoms with Crippen molar-refractivity contribution in [1.82, 2.24) is 0 Å². The van der Waals surface area contributed by atoms with Crippen LogP contribution in [0.2, 0.25) is 0 Å². The number of rotatable bonds is 7. The molecule has 2 aromatic rings. The summed E-state index contributed by atoms with van der Waals surface area (Å²) in [6, 6.07) is 8.29. The van der Waals surface area contributed by atoms with E-state index in [4.69, 9.17) is 4.74 Å². The van der Waals surface area contributed by atoms with Gasteiger partial charge in [0.15, 0.2) is 0 Å². The summed E-state index contributed by atoms with van der Waals surface area (Å²) in [6.07, 6.45) is 0.280. The lowest BCUT2D eigenvalue weighted by molar-refractivity contribution is -0.115. The molecule has 146 valence electrons. The third kappa shape index (κ3) is 5.01. The maximum absolute atomic E-state index is 12.9. The second kappa shape index (κ2) is 8.43. The van der Waals surface area contributed by atoms with E-state index in [-0.39, 0.29) is 17.2 Å². The molecular weight excluding hydrogens is 364 g/mol. The van der Waals surface area contributed by atoms with Crippen molar-refractivity contribution in [3.8, 4) is 5.75 Å². The fourth-order valence-corrected chi connectivity index (χ4v) is 4.06. The van der Waals surface area contributed by atoms with Gasteiger partial charge in [0.2, 0.25) is 5.91 Å². The van der Waals surface area contributed by atoms with Crippen LogP contribution in [0.4, 0.5) is 11.4 Å². The van der Waals surface area contributed by atoms with Crippen LogP contribution in [0, 0.1) is 20.8 Å². The van der Waals surface area contributed by atoms with Crippen molar-refractivity contribution in [3.05, 3.63) is 47.0 Å². The van der Waals surface area contributed by atoms with E-state index in [1.165, 1.54) is 12.1 Å². The Morgan fingerprint density at radius 1 is 1.04 bits per heavy atom. The van der Waals surface area contributed by atoms with Crippen LogP contribution < -0.4 is 14.8 Å². The first-order valence-electron chi connectivity index (χ1n) is 8.85. The van der Waals surface area contributed by atoms with Crippen LogP contribution in [0.1, 0.15) is 37.0 Å². The number of amides is 1. The second-order valence-corrected chi connectivity index (χ2v) is 8.05. The minimum atomic E-state index is -3.82. The van der Waals surface area contributed by atoms with Crippen LogP contribution in [-0.4, -0.2) is 20.9 Å². The van der Waals surface area contributed by atoms with Crippen molar-refractivity contribution < 1.29 is 17.9 Å². The highest BCUT2D eigenvalue weighted by molar-refractivity contribution is 7.92. The van der Waals surface area contributed by atoms with Crippen molar-refractivity contribution in [3.63, 3.8) is 0 Å². The number of carbonyl (C=O) groups is 1. The van der Waals surface area contributed by atoms with E-state index in [1.807, 2.05) is 39.8 Å². The van der Waals surface area contributed by atoms with E-state index in [0.29, 0.717) is 23.7 Å². The largest absolute Gasteiger partial charge is 0.492 e. The number of hydrogen-bond acceptors (Lipinski definition) is 4. The lowest BCUT2D eigenvalue weighted by Gasteiger charge is -2.16. The summed E-state index contributed by atoms with van der Waals surface area (Å²) >= 11 is 0. The molecule has 1 amide bonds. The Bertz CT molecular complexity index is 929. The summed E-state index contributed by atoms with van der Waals surface area (Å²) in [4.78, 5) is 11.8. The zero-order chi connectivity index (χ0) is 20.2. The van der Waals surface area contributed by atoms with E-state index in [9.17, 15) is 13.2 Å². The van der Waals surface area contributed by atoms with Crippen LogP contribution in [0.15, 0.2) is 35.2 Å². The molecule has 0 saturated heterocycles. The summed E-state index contributed by atoms with van der Waals surface area (Å²) in [6.45, 7) is 9.64. The summed E-state index contributed by atoms with van der Waals surface area (Å²) in [7, 11) is -3.82. The molecule has 0 radical (unpaired) electrons. The van der Waals surface area contributed by atoms with Crippen LogP contribution in [0.3, 0.4) is 0 Å². The summed E-state index contributed by atoms with van der Waals surface area (Å²) < 4.78 is 34.0. The average Bonchev–Trinajstić information content (AvgIpc) is 2.59. The first kappa shape index (κ1) is 20.8. The van der Waals surface area contributed by atoms with Gasteiger partial charge >= 0.3 is 0 Å². The van der Waals surface area contributed by atoms with Crippen LogP contribution >= 0.6 is 0 Å². The van der Waals surface area contributed by atoms with Gasteiger partial charge in [-0.1, -0.05) is 24.6 Å². The number of aryl methyl sites for hydroxylation is 3. The molecule has 0 aliphatic heterocycles. The van der Waals surface area contributed by atoms with Crippen molar-refractivity contribution in [1.29, 1.82) is 0 Å². The topological polar surface area (TPSA) is 84.5 Å². The molecule has 7 heteroatoms. The van der Waals surface area contributed by atoms with Crippen molar-refractivity contribution in [2.45, 2.75) is 45.9 Å². The predicted molar refractivity (Wildman–Crippen MR) is 108 cm³/mol. The van der Waals surface area contributed by atoms with Gasteiger partial charge in [0.1, 0.15) is 5.75 Å². The summed E-state index contributed by atoms with van der Waals surface area (Å²) in [5.74, 6) is 0.213. The number of ether oxygens (including phenoxy) is 1. The average molecular weight is 391 g/mol. The molecule has 0 unspecified atom stereocenters. The molecule has 0 saturated carbocycles. The van der Waals surface area contributed by atoms with E-state index < -0.39 is 10.0 Å². The van der Waals surface area contributed by atoms with Gasteiger partial charge in [0.05, 0.1) is 22.9 Å². The number of anilines is 2. The Morgan fingerprint density at radius 2 is 1.67 bits per heavy atom. The first-order valence-corrected chi connectivity index (χ1v) is 10.3. The van der Waals surface area contributed by atoms with E-state index in [2.05, 4.69) is 10.0 Å². The number of carbonyl (C=O) groups excluding carboxylic acids is 1. The molecule has 2 N–H and O–H groups in total. The molecule has 0 aliphatic carbocycles. The maximum atomic E-state index is 12.9. The standard InChI is InChI=1S/C20H26N2O4S/c1-6-19(23)21-17-12-16(8-9-18(17)26-7-2)27(24,25)22-20-14(4)10-13(3)11-15(20)5/h8-12,22H,6-7H2,1-5H3,(H,21,23). The molecule has 0 aliphatic rings. The Labute approximate surface area is 161 Å². The summed E-state index contributed by atoms with van der Waals surface area (Å²) in [5, 5.41) is 2.70. The molecule has 0 fully saturated rings. The minimum absolute atomic E-state index is 0.0525. The van der Waals surface area contributed by atoms with Gasteiger partial charge in [0.25, 0.3) is 10.0 Å². The van der Waals surface area contributed by atoms with E-state index in [0.717, 1.165) is 16.7 Å². The normalized spacial score (nSPS) is 11.1. The molecule has 2 aromatic carbocycles. The molecule has 0 bridgehead atoms. The molecule has 0 heterocycles. The molecule has 0 aromatic heterocycles. The number of nitrogens with one attached hydrogen (secondary N) is 2. The molecule has 0 atom stereocenters. The van der Waals surface area contributed by atoms with Crippen LogP contribution in [0.5, 0.6) is 5.75 Å². The van der Waals surface area contributed by atoms with Gasteiger partial charge in [-0.15, -0.1) is 0 Å². The highest BCUT2D eigenvalue weighted by Crippen LogP contribution is 2.30. The zero-order valence-electron chi connectivity index (χ0n) is 16.3. The van der Waals surface area contributed by atoms with E-state index in [1.54, 1.807) is 13.0 Å². The number of benzene rings is 2. The Kier molecular flexibility index (Phi) is 6.49. The second-order valence-electron chi connectivity index (χ2n) is 6.37. The highest BCUT2D eigenvalue weighted by atomic mass is 32.2. The fourth-order valence-electron chi connectivity index (χ4n) is 2.83. The lowest BCUT2D eigenvalue weighted by atomic mass is 10.1. The molecule has 6 nitrogen and oxygen atoms in total. The SMILES string of the molecule is CCOc1ccc(S(=O)(=O)Nc2c(C)cc(C)cc2C)cc1NC(=O)CC. The molecule has 2 rings (SSSR count). The lowest BCUT2D eigenvalue weighted by Crippen LogP contribution is -2.16. The van der Waals surface area contributed by atoms with Crippen LogP contribution in [-0.2, 0) is 14.8 Å².